The van der Waals surface area contributed by atoms with E-state index >= 15 is 0 Å². The van der Waals surface area contributed by atoms with Crippen LogP contribution in [0.25, 0.3) is 21.8 Å². The quantitative estimate of drug-likeness (QED) is 0.279. The molecule has 0 aliphatic carbocycles. The van der Waals surface area contributed by atoms with E-state index in [0.717, 1.165) is 11.8 Å². The maximum Gasteiger partial charge on any atom is 0.332 e. The molecule has 33 heavy (non-hydrogen) atoms. The van der Waals surface area contributed by atoms with Crippen LogP contribution in [-0.4, -0.2) is 37.7 Å². The standard InChI is InChI=1S/C22H17N5O6/c1-12-17-19(24-10-16(21(17)28)26(30)31)18-15(20(12)27(32)33)8-14(9-23-18)22(29)25(2)11-13-6-4-3-5-7-13/h3-10H,11H2,1-2H3,(H,24,28). The van der Waals surface area contributed by atoms with E-state index in [-0.39, 0.29) is 32.9 Å². The Hall–Kier alpha value is -4.67. The van der Waals surface area contributed by atoms with Crippen LogP contribution in [0.15, 0.2) is 53.6 Å². The number of fused-ring (bicyclic) bond motifs is 3. The predicted octanol–water partition coefficient (Wildman–Crippen LogP) is 3.47. The van der Waals surface area contributed by atoms with Crippen LogP contribution >= 0.6 is 0 Å². The van der Waals surface area contributed by atoms with Crippen LogP contribution in [0.2, 0.25) is 0 Å². The number of nitrogens with zero attached hydrogens (tertiary/aromatic N) is 4. The number of hydrogen-bond donors (Lipinski definition) is 1. The fraction of sp³-hybridized carbons (Fsp3) is 0.136. The minimum atomic E-state index is -0.944. The molecule has 0 radical (unpaired) electrons. The highest BCUT2D eigenvalue weighted by Gasteiger charge is 2.27. The molecule has 4 aromatic rings. The molecule has 0 aliphatic heterocycles. The number of carbonyl (C=O) groups excluding carboxylic acids is 1. The molecule has 2 aromatic carbocycles. The molecule has 0 unspecified atom stereocenters. The Morgan fingerprint density at radius 1 is 1.15 bits per heavy atom. The largest absolute Gasteiger partial charge is 0.353 e. The van der Waals surface area contributed by atoms with Gasteiger partial charge in [0, 0.05) is 25.4 Å². The van der Waals surface area contributed by atoms with Crippen LogP contribution < -0.4 is 5.43 Å². The number of hydrogen-bond acceptors (Lipinski definition) is 7. The molecular formula is C22H17N5O6. The number of aromatic nitrogens is 2. The number of H-pyrrole nitrogens is 1. The lowest BCUT2D eigenvalue weighted by atomic mass is 10.00. The average Bonchev–Trinajstić information content (AvgIpc) is 2.78. The van der Waals surface area contributed by atoms with Crippen molar-refractivity contribution in [2.24, 2.45) is 0 Å². The number of benzene rings is 2. The molecule has 2 aromatic heterocycles. The van der Waals surface area contributed by atoms with Crippen molar-refractivity contribution in [2.75, 3.05) is 7.05 Å². The van der Waals surface area contributed by atoms with E-state index in [1.54, 1.807) is 7.05 Å². The van der Waals surface area contributed by atoms with Gasteiger partial charge in [-0.15, -0.1) is 0 Å². The average molecular weight is 447 g/mol. The Bertz CT molecular complexity index is 1510. The highest BCUT2D eigenvalue weighted by molar-refractivity contribution is 6.11. The third-order valence-electron chi connectivity index (χ3n) is 5.41. The summed E-state index contributed by atoms with van der Waals surface area (Å²) < 4.78 is 0. The zero-order valence-electron chi connectivity index (χ0n) is 17.6. The number of rotatable bonds is 5. The van der Waals surface area contributed by atoms with Crippen molar-refractivity contribution < 1.29 is 14.6 Å². The van der Waals surface area contributed by atoms with E-state index in [9.17, 15) is 29.8 Å². The van der Waals surface area contributed by atoms with Gasteiger partial charge in [-0.25, -0.2) is 0 Å². The van der Waals surface area contributed by atoms with Crippen LogP contribution in [-0.2, 0) is 6.54 Å². The van der Waals surface area contributed by atoms with Crippen LogP contribution in [0.3, 0.4) is 0 Å². The molecule has 0 atom stereocenters. The minimum Gasteiger partial charge on any atom is -0.353 e. The zero-order valence-corrected chi connectivity index (χ0v) is 17.6. The van der Waals surface area contributed by atoms with Gasteiger partial charge >= 0.3 is 5.69 Å². The van der Waals surface area contributed by atoms with Gasteiger partial charge in [-0.3, -0.25) is 34.8 Å². The first-order valence-electron chi connectivity index (χ1n) is 9.76. The van der Waals surface area contributed by atoms with E-state index < -0.39 is 32.6 Å². The monoisotopic (exact) mass is 447 g/mol. The third-order valence-corrected chi connectivity index (χ3v) is 5.41. The summed E-state index contributed by atoms with van der Waals surface area (Å²) in [5, 5.41) is 22.9. The Labute approximate surface area is 185 Å². The molecule has 11 nitrogen and oxygen atoms in total. The first kappa shape index (κ1) is 21.6. The smallest absolute Gasteiger partial charge is 0.332 e. The van der Waals surface area contributed by atoms with Crippen LogP contribution in [0, 0.1) is 27.2 Å². The van der Waals surface area contributed by atoms with Crippen molar-refractivity contribution in [1.82, 2.24) is 14.9 Å². The summed E-state index contributed by atoms with van der Waals surface area (Å²) in [6, 6.07) is 10.7. The van der Waals surface area contributed by atoms with Crippen LogP contribution in [0.4, 0.5) is 11.4 Å². The molecule has 1 amide bonds. The molecule has 0 bridgehead atoms. The number of nitro groups is 2. The number of nitro benzene ring substituents is 1. The molecular weight excluding hydrogens is 430 g/mol. The molecule has 166 valence electrons. The lowest BCUT2D eigenvalue weighted by Crippen LogP contribution is -2.26. The Kier molecular flexibility index (Phi) is 5.30. The van der Waals surface area contributed by atoms with Gasteiger partial charge in [0.1, 0.15) is 5.52 Å². The molecule has 1 N–H and O–H groups in total. The van der Waals surface area contributed by atoms with Gasteiger partial charge in [0.25, 0.3) is 17.0 Å². The van der Waals surface area contributed by atoms with Gasteiger partial charge in [0.2, 0.25) is 0 Å². The number of aromatic amines is 1. The lowest BCUT2D eigenvalue weighted by molar-refractivity contribution is -0.386. The zero-order chi connectivity index (χ0) is 23.9. The number of nitrogens with one attached hydrogen (secondary N) is 1. The van der Waals surface area contributed by atoms with Gasteiger partial charge in [-0.1, -0.05) is 30.3 Å². The number of amides is 1. The van der Waals surface area contributed by atoms with Crippen molar-refractivity contribution in [3.8, 4) is 0 Å². The van der Waals surface area contributed by atoms with Gasteiger partial charge in [-0.2, -0.15) is 0 Å². The minimum absolute atomic E-state index is 0.0449. The van der Waals surface area contributed by atoms with Crippen molar-refractivity contribution in [2.45, 2.75) is 13.5 Å². The molecule has 0 fully saturated rings. The second kappa shape index (κ2) is 8.11. The highest BCUT2D eigenvalue weighted by Crippen LogP contribution is 2.35. The Balaban J connectivity index is 1.91. The molecule has 4 rings (SSSR count). The molecule has 0 spiro atoms. The summed E-state index contributed by atoms with van der Waals surface area (Å²) in [6.45, 7) is 1.67. The molecule has 0 aliphatic rings. The number of carbonyl (C=O) groups is 1. The van der Waals surface area contributed by atoms with E-state index in [2.05, 4.69) is 9.97 Å². The maximum atomic E-state index is 13.0. The van der Waals surface area contributed by atoms with Gasteiger partial charge in [-0.05, 0) is 18.6 Å². The van der Waals surface area contributed by atoms with Crippen molar-refractivity contribution in [3.63, 3.8) is 0 Å². The maximum absolute atomic E-state index is 13.0. The van der Waals surface area contributed by atoms with E-state index in [4.69, 9.17) is 0 Å². The Morgan fingerprint density at radius 3 is 2.48 bits per heavy atom. The second-order valence-corrected chi connectivity index (χ2v) is 7.51. The number of aryl methyl sites for hydroxylation is 1. The summed E-state index contributed by atoms with van der Waals surface area (Å²) in [7, 11) is 1.61. The topological polar surface area (TPSA) is 152 Å². The van der Waals surface area contributed by atoms with Gasteiger partial charge in [0.05, 0.1) is 37.9 Å². The summed E-state index contributed by atoms with van der Waals surface area (Å²) in [5.74, 6) is -0.391. The lowest BCUT2D eigenvalue weighted by Gasteiger charge is -2.17. The molecule has 0 saturated carbocycles. The Morgan fingerprint density at radius 2 is 1.85 bits per heavy atom. The molecule has 2 heterocycles. The summed E-state index contributed by atoms with van der Waals surface area (Å²) in [6.07, 6.45) is 2.20. The van der Waals surface area contributed by atoms with E-state index in [1.165, 1.54) is 24.1 Å². The van der Waals surface area contributed by atoms with E-state index in [0.29, 0.717) is 6.54 Å². The van der Waals surface area contributed by atoms with Crippen molar-refractivity contribution in [1.29, 1.82) is 0 Å². The highest BCUT2D eigenvalue weighted by atomic mass is 16.6. The van der Waals surface area contributed by atoms with Crippen molar-refractivity contribution in [3.05, 3.63) is 95.9 Å². The molecule has 11 heteroatoms. The normalized spacial score (nSPS) is 11.0. The fourth-order valence-electron chi connectivity index (χ4n) is 3.87. The van der Waals surface area contributed by atoms with Crippen molar-refractivity contribution >= 4 is 39.1 Å². The summed E-state index contributed by atoms with van der Waals surface area (Å²) >= 11 is 0. The first-order chi connectivity index (χ1) is 15.7. The SMILES string of the molecule is Cc1c([N+](=O)[O-])c2cc(C(=O)N(C)Cc3ccccc3)cnc2c2[nH]cc([N+](=O)[O-])c(=O)c12. The second-order valence-electron chi connectivity index (χ2n) is 7.51. The van der Waals surface area contributed by atoms with E-state index in [1.807, 2.05) is 30.3 Å². The first-order valence-corrected chi connectivity index (χ1v) is 9.76. The number of pyridine rings is 2. The van der Waals surface area contributed by atoms with Gasteiger partial charge < -0.3 is 9.88 Å². The fourth-order valence-corrected chi connectivity index (χ4v) is 3.87. The predicted molar refractivity (Wildman–Crippen MR) is 120 cm³/mol. The summed E-state index contributed by atoms with van der Waals surface area (Å²) in [5.41, 5.74) is -0.916. The third kappa shape index (κ3) is 3.65. The molecule has 0 saturated heterocycles. The van der Waals surface area contributed by atoms with Crippen LogP contribution in [0.1, 0.15) is 21.5 Å². The van der Waals surface area contributed by atoms with Gasteiger partial charge in [0.15, 0.2) is 0 Å². The summed E-state index contributed by atoms with van der Waals surface area (Å²) in [4.78, 5) is 55.5. The van der Waals surface area contributed by atoms with Crippen LogP contribution in [0.5, 0.6) is 0 Å².